The highest BCUT2D eigenvalue weighted by Gasteiger charge is 2.36. The molecule has 1 aromatic heterocycles. The van der Waals surface area contributed by atoms with Gasteiger partial charge >= 0.3 is 6.18 Å². The minimum absolute atomic E-state index is 0.166. The number of hydrogen-bond donors (Lipinski definition) is 1. The summed E-state index contributed by atoms with van der Waals surface area (Å²) < 4.78 is 40.1. The summed E-state index contributed by atoms with van der Waals surface area (Å²) in [6, 6.07) is 4.20. The predicted molar refractivity (Wildman–Crippen MR) is 77.3 cm³/mol. The summed E-state index contributed by atoms with van der Waals surface area (Å²) in [4.78, 5) is 15.1. The Balaban J connectivity index is 2.40. The number of alkyl halides is 3. The first-order valence-corrected chi connectivity index (χ1v) is 6.79. The molecule has 1 aliphatic carbocycles. The lowest BCUT2D eigenvalue weighted by Crippen LogP contribution is -2.15. The molecule has 1 heterocycles. The molecule has 0 spiro atoms. The first kappa shape index (κ1) is 14.6. The van der Waals surface area contributed by atoms with Crippen LogP contribution in [0.1, 0.15) is 45.9 Å². The fourth-order valence-corrected chi connectivity index (χ4v) is 2.54. The third-order valence-electron chi connectivity index (χ3n) is 3.79. The molecule has 3 nitrogen and oxygen atoms in total. The lowest BCUT2D eigenvalue weighted by atomic mass is 9.98. The van der Waals surface area contributed by atoms with Crippen molar-refractivity contribution in [2.24, 2.45) is 5.73 Å². The van der Waals surface area contributed by atoms with Crippen molar-refractivity contribution in [1.82, 2.24) is 4.98 Å². The van der Waals surface area contributed by atoms with Crippen LogP contribution in [0, 0.1) is 0 Å². The number of nitrogens with zero attached hydrogens (tertiary/aromatic N) is 1. The third kappa shape index (κ3) is 2.45. The topological polar surface area (TPSA) is 56.0 Å². The van der Waals surface area contributed by atoms with Crippen molar-refractivity contribution in [2.75, 3.05) is 0 Å². The number of hydrogen-bond acceptors (Lipinski definition) is 2. The van der Waals surface area contributed by atoms with E-state index in [0.29, 0.717) is 16.5 Å². The van der Waals surface area contributed by atoms with E-state index in [1.165, 1.54) is 12.1 Å². The van der Waals surface area contributed by atoms with Gasteiger partial charge in [-0.25, -0.2) is 4.98 Å². The fraction of sp³-hybridized carbons (Fsp3) is 0.250. The Morgan fingerprint density at radius 1 is 1.32 bits per heavy atom. The summed E-state index contributed by atoms with van der Waals surface area (Å²) in [7, 11) is 0. The van der Waals surface area contributed by atoms with Gasteiger partial charge in [0.2, 0.25) is 0 Å². The number of aromatic nitrogens is 1. The Hall–Kier alpha value is -2.37. The first-order chi connectivity index (χ1) is 10.3. The molecule has 2 aromatic rings. The molecule has 0 radical (unpaired) electrons. The van der Waals surface area contributed by atoms with Gasteiger partial charge in [0, 0.05) is 5.39 Å². The van der Waals surface area contributed by atoms with Crippen LogP contribution < -0.4 is 5.73 Å². The molecule has 0 unspecified atom stereocenters. The summed E-state index contributed by atoms with van der Waals surface area (Å²) in [5.74, 6) is -0.705. The van der Waals surface area contributed by atoms with Gasteiger partial charge in [0.15, 0.2) is 0 Å². The van der Waals surface area contributed by atoms with Crippen molar-refractivity contribution in [1.29, 1.82) is 0 Å². The quantitative estimate of drug-likeness (QED) is 0.935. The Morgan fingerprint density at radius 2 is 2.00 bits per heavy atom. The molecular formula is C16H13F3N2O. The fourth-order valence-electron chi connectivity index (χ4n) is 2.54. The van der Waals surface area contributed by atoms with Crippen LogP contribution >= 0.6 is 0 Å². The number of pyridine rings is 1. The van der Waals surface area contributed by atoms with Crippen molar-refractivity contribution in [3.8, 4) is 0 Å². The Labute approximate surface area is 124 Å². The Morgan fingerprint density at radius 3 is 2.50 bits per heavy atom. The van der Waals surface area contributed by atoms with Crippen molar-refractivity contribution >= 4 is 22.9 Å². The molecule has 1 saturated carbocycles. The number of rotatable bonds is 3. The number of fused-ring (bicyclic) bond motifs is 1. The summed E-state index contributed by atoms with van der Waals surface area (Å²) in [6.07, 6.45) is -1.36. The van der Waals surface area contributed by atoms with E-state index in [-0.39, 0.29) is 17.1 Å². The molecule has 114 valence electrons. The van der Waals surface area contributed by atoms with Crippen LogP contribution in [0.15, 0.2) is 24.8 Å². The third-order valence-corrected chi connectivity index (χ3v) is 3.79. The van der Waals surface area contributed by atoms with Gasteiger partial charge < -0.3 is 5.73 Å². The molecule has 3 rings (SSSR count). The van der Waals surface area contributed by atoms with E-state index in [1.807, 2.05) is 0 Å². The van der Waals surface area contributed by atoms with Gasteiger partial charge in [-0.3, -0.25) is 4.79 Å². The minimum atomic E-state index is -4.55. The lowest BCUT2D eigenvalue weighted by molar-refractivity contribution is -0.136. The average molecular weight is 306 g/mol. The van der Waals surface area contributed by atoms with Crippen LogP contribution in [0.4, 0.5) is 13.2 Å². The second-order valence-corrected chi connectivity index (χ2v) is 5.40. The van der Waals surface area contributed by atoms with Crippen LogP contribution in [0.3, 0.4) is 0 Å². The van der Waals surface area contributed by atoms with Crippen LogP contribution in [0.5, 0.6) is 0 Å². The molecule has 0 bridgehead atoms. The molecular weight excluding hydrogens is 293 g/mol. The predicted octanol–water partition coefficient (Wildman–Crippen LogP) is 3.87. The summed E-state index contributed by atoms with van der Waals surface area (Å²) in [5.41, 5.74) is 4.93. The van der Waals surface area contributed by atoms with Crippen molar-refractivity contribution in [2.45, 2.75) is 24.9 Å². The molecule has 0 aliphatic heterocycles. The van der Waals surface area contributed by atoms with E-state index >= 15 is 0 Å². The standard InChI is InChI=1S/C16H13F3N2O/c1-2-8-7-13(15(20)22)21-14-11(8)5-10(9-3-4-9)6-12(14)16(17,18)19/h2,5-7,9H,1,3-4H2,(H2,20,22). The van der Waals surface area contributed by atoms with E-state index < -0.39 is 17.6 Å². The molecule has 6 heteroatoms. The highest BCUT2D eigenvalue weighted by molar-refractivity contribution is 5.98. The molecule has 22 heavy (non-hydrogen) atoms. The van der Waals surface area contributed by atoms with E-state index in [1.54, 1.807) is 6.07 Å². The molecule has 1 fully saturated rings. The van der Waals surface area contributed by atoms with Gasteiger partial charge in [-0.05, 0) is 48.1 Å². The number of benzene rings is 1. The molecule has 1 amide bonds. The Bertz CT molecular complexity index is 792. The normalized spacial score (nSPS) is 15.0. The highest BCUT2D eigenvalue weighted by atomic mass is 19.4. The number of carbonyl (C=O) groups is 1. The zero-order valence-electron chi connectivity index (χ0n) is 11.6. The summed E-state index contributed by atoms with van der Waals surface area (Å²) in [5, 5.41) is 0.344. The maximum absolute atomic E-state index is 13.4. The number of carbonyl (C=O) groups excluding carboxylic acids is 1. The molecule has 0 saturated heterocycles. The maximum atomic E-state index is 13.4. The average Bonchev–Trinajstić information content (AvgIpc) is 3.28. The number of amides is 1. The van der Waals surface area contributed by atoms with Gasteiger partial charge in [-0.2, -0.15) is 13.2 Å². The van der Waals surface area contributed by atoms with Gasteiger partial charge in [0.1, 0.15) is 5.69 Å². The molecule has 2 N–H and O–H groups in total. The summed E-state index contributed by atoms with van der Waals surface area (Å²) >= 11 is 0. The first-order valence-electron chi connectivity index (χ1n) is 6.79. The smallest absolute Gasteiger partial charge is 0.364 e. The van der Waals surface area contributed by atoms with Crippen molar-refractivity contribution in [3.63, 3.8) is 0 Å². The van der Waals surface area contributed by atoms with E-state index in [0.717, 1.165) is 18.9 Å². The zero-order valence-corrected chi connectivity index (χ0v) is 11.6. The highest BCUT2D eigenvalue weighted by Crippen LogP contribution is 2.44. The van der Waals surface area contributed by atoms with Crippen LogP contribution in [-0.4, -0.2) is 10.9 Å². The van der Waals surface area contributed by atoms with Crippen molar-refractivity contribution in [3.05, 3.63) is 47.2 Å². The monoisotopic (exact) mass is 306 g/mol. The van der Waals surface area contributed by atoms with Gasteiger partial charge in [0.05, 0.1) is 11.1 Å². The van der Waals surface area contributed by atoms with Crippen LogP contribution in [0.2, 0.25) is 0 Å². The van der Waals surface area contributed by atoms with Crippen LogP contribution in [0.25, 0.3) is 17.0 Å². The van der Waals surface area contributed by atoms with E-state index in [4.69, 9.17) is 5.73 Å². The van der Waals surface area contributed by atoms with E-state index in [2.05, 4.69) is 11.6 Å². The SMILES string of the molecule is C=Cc1cc(C(N)=O)nc2c(C(F)(F)F)cc(C3CC3)cc12. The van der Waals surface area contributed by atoms with Crippen LogP contribution in [-0.2, 0) is 6.18 Å². The largest absolute Gasteiger partial charge is 0.418 e. The molecule has 1 aromatic carbocycles. The summed E-state index contributed by atoms with van der Waals surface area (Å²) in [6.45, 7) is 3.60. The van der Waals surface area contributed by atoms with Gasteiger partial charge in [-0.15, -0.1) is 0 Å². The number of primary amides is 1. The zero-order chi connectivity index (χ0) is 16.1. The minimum Gasteiger partial charge on any atom is -0.364 e. The van der Waals surface area contributed by atoms with Crippen molar-refractivity contribution < 1.29 is 18.0 Å². The molecule has 1 aliphatic rings. The van der Waals surface area contributed by atoms with Gasteiger partial charge in [0.25, 0.3) is 5.91 Å². The second-order valence-electron chi connectivity index (χ2n) is 5.40. The number of nitrogens with two attached hydrogens (primary N) is 1. The second kappa shape index (κ2) is 4.83. The lowest BCUT2D eigenvalue weighted by Gasteiger charge is -2.14. The van der Waals surface area contributed by atoms with Gasteiger partial charge in [-0.1, -0.05) is 12.7 Å². The number of halogens is 3. The maximum Gasteiger partial charge on any atom is 0.418 e. The molecule has 0 atom stereocenters. The Kier molecular flexibility index (Phi) is 3.20. The van der Waals surface area contributed by atoms with E-state index in [9.17, 15) is 18.0 Å².